The van der Waals surface area contributed by atoms with Crippen LogP contribution in [0.2, 0.25) is 0 Å². The number of amides is 1. The Balaban J connectivity index is 2.44. The molecule has 4 heteroatoms. The van der Waals surface area contributed by atoms with Crippen molar-refractivity contribution in [1.29, 1.82) is 0 Å². The van der Waals surface area contributed by atoms with Gasteiger partial charge >= 0.3 is 0 Å². The molecule has 0 unspecified atom stereocenters. The summed E-state index contributed by atoms with van der Waals surface area (Å²) < 4.78 is 5.42. The molecule has 0 atom stereocenters. The van der Waals surface area contributed by atoms with Crippen molar-refractivity contribution >= 4 is 5.91 Å². The summed E-state index contributed by atoms with van der Waals surface area (Å²) in [5.74, 6) is -0.423. The predicted octanol–water partition coefficient (Wildman–Crippen LogP) is 0.855. The van der Waals surface area contributed by atoms with Crippen LogP contribution in [0.15, 0.2) is 24.3 Å². The topological polar surface area (TPSA) is 78.3 Å². The van der Waals surface area contributed by atoms with Crippen molar-refractivity contribution in [2.75, 3.05) is 13.2 Å². The molecule has 1 radical (unpaired) electrons. The molecule has 1 aromatic rings. The molecule has 1 amide bonds. The smallest absolute Gasteiger partial charge is 0.249 e. The minimum atomic E-state index is -0.423. The Bertz CT molecular complexity index is 340. The normalized spacial score (nSPS) is 10.3. The van der Waals surface area contributed by atoms with E-state index >= 15 is 0 Å². The lowest BCUT2D eigenvalue weighted by Crippen LogP contribution is -2.14. The van der Waals surface area contributed by atoms with Crippen LogP contribution in [0.25, 0.3) is 0 Å². The monoisotopic (exact) mass is 221 g/mol. The lowest BCUT2D eigenvalue weighted by molar-refractivity contribution is 0.0985. The standard InChI is InChI=1S/C12H17N2O2/c13-7-3-4-8-16-9-10-5-1-2-6-11(10)12(14)15/h1-3,5-6H,4,7-9,13H2,(H2,14,15). The Kier molecular flexibility index (Phi) is 5.53. The zero-order valence-electron chi connectivity index (χ0n) is 9.19. The van der Waals surface area contributed by atoms with Crippen LogP contribution in [-0.4, -0.2) is 19.1 Å². The highest BCUT2D eigenvalue weighted by Gasteiger charge is 2.06. The van der Waals surface area contributed by atoms with Gasteiger partial charge in [0.2, 0.25) is 5.91 Å². The van der Waals surface area contributed by atoms with Crippen molar-refractivity contribution in [1.82, 2.24) is 0 Å². The van der Waals surface area contributed by atoms with Gasteiger partial charge in [0.1, 0.15) is 0 Å². The Morgan fingerprint density at radius 1 is 1.38 bits per heavy atom. The molecule has 0 saturated heterocycles. The Labute approximate surface area is 95.6 Å². The summed E-state index contributed by atoms with van der Waals surface area (Å²) in [6, 6.07) is 7.18. The highest BCUT2D eigenvalue weighted by Crippen LogP contribution is 2.09. The third-order valence-corrected chi connectivity index (χ3v) is 2.17. The molecule has 0 aromatic heterocycles. The fourth-order valence-electron chi connectivity index (χ4n) is 1.35. The van der Waals surface area contributed by atoms with Gasteiger partial charge in [-0.05, 0) is 31.0 Å². The van der Waals surface area contributed by atoms with Crippen molar-refractivity contribution in [2.45, 2.75) is 13.0 Å². The van der Waals surface area contributed by atoms with E-state index in [9.17, 15) is 4.79 Å². The number of hydrogen-bond donors (Lipinski definition) is 2. The predicted molar refractivity (Wildman–Crippen MR) is 62.6 cm³/mol. The van der Waals surface area contributed by atoms with Gasteiger partial charge in [0.25, 0.3) is 0 Å². The van der Waals surface area contributed by atoms with Crippen molar-refractivity contribution in [3.8, 4) is 0 Å². The molecule has 1 rings (SSSR count). The number of benzene rings is 1. The summed E-state index contributed by atoms with van der Waals surface area (Å²) in [7, 11) is 0. The molecule has 0 saturated carbocycles. The molecular weight excluding hydrogens is 204 g/mol. The number of rotatable bonds is 7. The summed E-state index contributed by atoms with van der Waals surface area (Å²) in [6.45, 7) is 1.56. The van der Waals surface area contributed by atoms with Crippen molar-refractivity contribution in [2.24, 2.45) is 11.5 Å². The Morgan fingerprint density at radius 3 is 2.81 bits per heavy atom. The summed E-state index contributed by atoms with van der Waals surface area (Å²) in [6.07, 6.45) is 2.76. The second-order valence-electron chi connectivity index (χ2n) is 3.39. The molecule has 16 heavy (non-hydrogen) atoms. The fourth-order valence-corrected chi connectivity index (χ4v) is 1.35. The van der Waals surface area contributed by atoms with Crippen LogP contribution in [0.5, 0.6) is 0 Å². The van der Waals surface area contributed by atoms with Gasteiger partial charge in [-0.1, -0.05) is 18.2 Å². The van der Waals surface area contributed by atoms with Crippen LogP contribution in [0.4, 0.5) is 0 Å². The van der Waals surface area contributed by atoms with Gasteiger partial charge < -0.3 is 16.2 Å². The lowest BCUT2D eigenvalue weighted by Gasteiger charge is -2.07. The maximum absolute atomic E-state index is 11.1. The second-order valence-corrected chi connectivity index (χ2v) is 3.39. The number of nitrogens with two attached hydrogens (primary N) is 2. The molecule has 0 fully saturated rings. The SMILES string of the molecule is NC[CH]CCOCc1ccccc1C(N)=O. The Morgan fingerprint density at radius 2 is 2.12 bits per heavy atom. The van der Waals surface area contributed by atoms with Gasteiger partial charge in [-0.3, -0.25) is 4.79 Å². The molecular formula is C12H17N2O2. The highest BCUT2D eigenvalue weighted by molar-refractivity contribution is 5.94. The van der Waals surface area contributed by atoms with Crippen LogP contribution in [0.3, 0.4) is 0 Å². The minimum Gasteiger partial charge on any atom is -0.377 e. The first-order chi connectivity index (χ1) is 7.75. The molecule has 0 aliphatic heterocycles. The Hall–Kier alpha value is -1.39. The van der Waals surface area contributed by atoms with E-state index in [1.165, 1.54) is 0 Å². The summed E-state index contributed by atoms with van der Waals surface area (Å²) in [5.41, 5.74) is 11.9. The van der Waals surface area contributed by atoms with Crippen molar-refractivity contribution in [3.63, 3.8) is 0 Å². The first-order valence-electron chi connectivity index (χ1n) is 5.23. The van der Waals surface area contributed by atoms with E-state index in [-0.39, 0.29) is 0 Å². The average Bonchev–Trinajstić information content (AvgIpc) is 2.29. The maximum Gasteiger partial charge on any atom is 0.249 e. The molecule has 0 aliphatic rings. The van der Waals surface area contributed by atoms with E-state index in [2.05, 4.69) is 0 Å². The number of unbranched alkanes of at least 4 members (excludes halogenated alkanes) is 1. The molecule has 4 N–H and O–H groups in total. The van der Waals surface area contributed by atoms with E-state index in [0.717, 1.165) is 12.0 Å². The van der Waals surface area contributed by atoms with E-state index in [0.29, 0.717) is 25.3 Å². The lowest BCUT2D eigenvalue weighted by atomic mass is 10.1. The van der Waals surface area contributed by atoms with Crippen LogP contribution in [-0.2, 0) is 11.3 Å². The van der Waals surface area contributed by atoms with Gasteiger partial charge in [0.05, 0.1) is 6.61 Å². The van der Waals surface area contributed by atoms with Crippen molar-refractivity contribution < 1.29 is 9.53 Å². The maximum atomic E-state index is 11.1. The number of carbonyl (C=O) groups excluding carboxylic acids is 1. The third-order valence-electron chi connectivity index (χ3n) is 2.17. The molecule has 1 aromatic carbocycles. The first-order valence-corrected chi connectivity index (χ1v) is 5.23. The molecule has 87 valence electrons. The number of ether oxygens (including phenoxy) is 1. The third kappa shape index (κ3) is 4.00. The molecule has 0 spiro atoms. The van der Waals surface area contributed by atoms with E-state index in [4.69, 9.17) is 16.2 Å². The molecule has 0 aliphatic carbocycles. The van der Waals surface area contributed by atoms with Gasteiger partial charge in [-0.2, -0.15) is 0 Å². The largest absolute Gasteiger partial charge is 0.377 e. The first kappa shape index (κ1) is 12.7. The summed E-state index contributed by atoms with van der Waals surface area (Å²) in [4.78, 5) is 11.1. The van der Waals surface area contributed by atoms with E-state index in [1.807, 2.05) is 18.6 Å². The van der Waals surface area contributed by atoms with Gasteiger partial charge in [-0.15, -0.1) is 0 Å². The summed E-state index contributed by atoms with van der Waals surface area (Å²) >= 11 is 0. The quantitative estimate of drug-likeness (QED) is 0.670. The molecule has 0 bridgehead atoms. The zero-order chi connectivity index (χ0) is 11.8. The van der Waals surface area contributed by atoms with Gasteiger partial charge in [-0.25, -0.2) is 0 Å². The van der Waals surface area contributed by atoms with E-state index < -0.39 is 5.91 Å². The molecule has 0 heterocycles. The average molecular weight is 221 g/mol. The van der Waals surface area contributed by atoms with Gasteiger partial charge in [0, 0.05) is 12.2 Å². The minimum absolute atomic E-state index is 0.400. The highest BCUT2D eigenvalue weighted by atomic mass is 16.5. The fraction of sp³-hybridized carbons (Fsp3) is 0.333. The summed E-state index contributed by atoms with van der Waals surface area (Å²) in [5, 5.41) is 0. The number of carbonyl (C=O) groups is 1. The molecule has 4 nitrogen and oxygen atoms in total. The van der Waals surface area contributed by atoms with E-state index in [1.54, 1.807) is 12.1 Å². The number of primary amides is 1. The zero-order valence-corrected chi connectivity index (χ0v) is 9.19. The second kappa shape index (κ2) is 6.98. The van der Waals surface area contributed by atoms with Crippen LogP contribution < -0.4 is 11.5 Å². The number of hydrogen-bond acceptors (Lipinski definition) is 3. The van der Waals surface area contributed by atoms with Crippen LogP contribution in [0, 0.1) is 6.42 Å². The van der Waals surface area contributed by atoms with Crippen molar-refractivity contribution in [3.05, 3.63) is 41.8 Å². The van der Waals surface area contributed by atoms with Gasteiger partial charge in [0.15, 0.2) is 0 Å². The van der Waals surface area contributed by atoms with Crippen LogP contribution in [0.1, 0.15) is 22.3 Å². The van der Waals surface area contributed by atoms with Crippen LogP contribution >= 0.6 is 0 Å².